The Morgan fingerprint density at radius 3 is 1.93 bits per heavy atom. The molecule has 0 saturated heterocycles. The Kier molecular flexibility index (Phi) is 5.75. The molecule has 0 radical (unpaired) electrons. The van der Waals surface area contributed by atoms with E-state index in [1.54, 1.807) is 13.8 Å². The Morgan fingerprint density at radius 2 is 1.41 bits per heavy atom. The van der Waals surface area contributed by atoms with E-state index in [9.17, 15) is 9.59 Å². The van der Waals surface area contributed by atoms with E-state index in [4.69, 9.17) is 9.47 Å². The fraction of sp³-hybridized carbons (Fsp3) is 0.304. The molecule has 2 aromatic carbocycles. The van der Waals surface area contributed by atoms with Crippen molar-refractivity contribution in [1.29, 1.82) is 0 Å². The first-order chi connectivity index (χ1) is 13.2. The lowest BCUT2D eigenvalue weighted by Crippen LogP contribution is -2.45. The molecule has 0 saturated carbocycles. The molecule has 27 heavy (non-hydrogen) atoms. The summed E-state index contributed by atoms with van der Waals surface area (Å²) in [7, 11) is 0. The first-order valence-corrected chi connectivity index (χ1v) is 9.31. The van der Waals surface area contributed by atoms with Crippen molar-refractivity contribution in [2.24, 2.45) is 5.41 Å². The van der Waals surface area contributed by atoms with E-state index in [1.165, 1.54) is 0 Å². The van der Waals surface area contributed by atoms with E-state index in [0.29, 0.717) is 12.0 Å². The highest BCUT2D eigenvalue weighted by Crippen LogP contribution is 2.55. The summed E-state index contributed by atoms with van der Waals surface area (Å²) in [6.07, 6.45) is 2.53. The maximum absolute atomic E-state index is 13.3. The average molecular weight is 364 g/mol. The topological polar surface area (TPSA) is 52.6 Å². The summed E-state index contributed by atoms with van der Waals surface area (Å²) in [4.78, 5) is 26.6. The maximum Gasteiger partial charge on any atom is 0.328 e. The third kappa shape index (κ3) is 3.27. The van der Waals surface area contributed by atoms with Crippen LogP contribution in [0.3, 0.4) is 0 Å². The monoisotopic (exact) mass is 364 g/mol. The minimum absolute atomic E-state index is 0.198. The second kappa shape index (κ2) is 8.21. The average Bonchev–Trinajstić information content (AvgIpc) is 3.11. The first kappa shape index (κ1) is 18.9. The number of allylic oxidation sites excluding steroid dienone is 1. The number of carbonyl (C=O) groups is 2. The van der Waals surface area contributed by atoms with Crippen molar-refractivity contribution < 1.29 is 19.1 Å². The van der Waals surface area contributed by atoms with Crippen LogP contribution in [0.4, 0.5) is 0 Å². The van der Waals surface area contributed by atoms with Gasteiger partial charge < -0.3 is 9.47 Å². The van der Waals surface area contributed by atoms with Crippen LogP contribution < -0.4 is 0 Å². The Morgan fingerprint density at radius 1 is 0.889 bits per heavy atom. The maximum atomic E-state index is 13.3. The zero-order chi connectivity index (χ0) is 19.3. The Balaban J connectivity index is 2.21. The van der Waals surface area contributed by atoms with Gasteiger partial charge in [0.1, 0.15) is 0 Å². The number of esters is 2. The Hall–Kier alpha value is -2.88. The van der Waals surface area contributed by atoms with Crippen molar-refractivity contribution in [2.75, 3.05) is 13.2 Å². The molecular weight excluding hydrogens is 340 g/mol. The molecule has 0 aromatic heterocycles. The highest BCUT2D eigenvalue weighted by atomic mass is 16.6. The molecule has 0 spiro atoms. The second-order valence-electron chi connectivity index (χ2n) is 6.43. The van der Waals surface area contributed by atoms with Crippen LogP contribution >= 0.6 is 0 Å². The highest BCUT2D eigenvalue weighted by molar-refractivity contribution is 6.14. The minimum atomic E-state index is -1.51. The number of ether oxygens (including phenoxy) is 2. The summed E-state index contributed by atoms with van der Waals surface area (Å²) >= 11 is 0. The molecule has 1 aliphatic rings. The molecular formula is C23H24O4. The first-order valence-electron chi connectivity index (χ1n) is 9.31. The summed E-state index contributed by atoms with van der Waals surface area (Å²) in [6, 6.07) is 19.1. The van der Waals surface area contributed by atoms with Gasteiger partial charge in [-0.05, 0) is 37.0 Å². The van der Waals surface area contributed by atoms with Crippen molar-refractivity contribution in [3.8, 4) is 0 Å². The molecule has 1 aliphatic carbocycles. The number of rotatable bonds is 6. The van der Waals surface area contributed by atoms with Crippen LogP contribution in [0.2, 0.25) is 0 Å². The number of hydrogen-bond acceptors (Lipinski definition) is 4. The quantitative estimate of drug-likeness (QED) is 0.564. The van der Waals surface area contributed by atoms with Crippen molar-refractivity contribution in [3.63, 3.8) is 0 Å². The Labute approximate surface area is 159 Å². The second-order valence-corrected chi connectivity index (χ2v) is 6.43. The van der Waals surface area contributed by atoms with E-state index < -0.39 is 17.4 Å². The molecule has 2 aromatic rings. The smallest absolute Gasteiger partial charge is 0.328 e. The molecule has 4 heteroatoms. The largest absolute Gasteiger partial charge is 0.465 e. The molecule has 1 atom stereocenters. The van der Waals surface area contributed by atoms with Crippen LogP contribution in [0.25, 0.3) is 5.57 Å². The summed E-state index contributed by atoms with van der Waals surface area (Å²) in [5.41, 5.74) is 0.904. The van der Waals surface area contributed by atoms with Crippen LogP contribution in [-0.4, -0.2) is 25.2 Å². The highest BCUT2D eigenvalue weighted by Gasteiger charge is 2.60. The van der Waals surface area contributed by atoms with Gasteiger partial charge in [0.2, 0.25) is 0 Å². The van der Waals surface area contributed by atoms with Crippen molar-refractivity contribution in [2.45, 2.75) is 26.2 Å². The van der Waals surface area contributed by atoms with Crippen molar-refractivity contribution in [3.05, 3.63) is 77.9 Å². The SMILES string of the molecule is CCOC(=O)C1(C(=O)OCC)C(c2ccccc2)=CCC1c1ccccc1. The minimum Gasteiger partial charge on any atom is -0.465 e. The number of hydrogen-bond donors (Lipinski definition) is 0. The summed E-state index contributed by atoms with van der Waals surface area (Å²) in [6.45, 7) is 3.89. The summed E-state index contributed by atoms with van der Waals surface area (Å²) in [5, 5.41) is 0. The van der Waals surface area contributed by atoms with Crippen LogP contribution in [0.5, 0.6) is 0 Å². The van der Waals surface area contributed by atoms with E-state index in [0.717, 1.165) is 11.1 Å². The molecule has 0 aliphatic heterocycles. The van der Waals surface area contributed by atoms with E-state index >= 15 is 0 Å². The summed E-state index contributed by atoms with van der Waals surface area (Å²) in [5.74, 6) is -1.47. The third-order valence-electron chi connectivity index (χ3n) is 4.99. The van der Waals surface area contributed by atoms with Crippen LogP contribution in [0.1, 0.15) is 37.3 Å². The van der Waals surface area contributed by atoms with Gasteiger partial charge >= 0.3 is 11.9 Å². The fourth-order valence-corrected chi connectivity index (χ4v) is 3.87. The molecule has 3 rings (SSSR count). The van der Waals surface area contributed by atoms with Crippen LogP contribution in [0, 0.1) is 5.41 Å². The van der Waals surface area contributed by atoms with Crippen LogP contribution in [-0.2, 0) is 19.1 Å². The van der Waals surface area contributed by atoms with Gasteiger partial charge in [0.15, 0.2) is 5.41 Å². The van der Waals surface area contributed by atoms with Gasteiger partial charge in [-0.3, -0.25) is 9.59 Å². The molecule has 0 heterocycles. The lowest BCUT2D eigenvalue weighted by atomic mass is 9.69. The predicted molar refractivity (Wildman–Crippen MR) is 104 cm³/mol. The molecule has 0 fully saturated rings. The van der Waals surface area contributed by atoms with E-state index in [1.807, 2.05) is 66.7 Å². The molecule has 0 N–H and O–H groups in total. The zero-order valence-electron chi connectivity index (χ0n) is 15.7. The van der Waals surface area contributed by atoms with Gasteiger partial charge in [-0.15, -0.1) is 0 Å². The molecule has 140 valence electrons. The Bertz CT molecular complexity index is 806. The van der Waals surface area contributed by atoms with Gasteiger partial charge in [-0.1, -0.05) is 66.7 Å². The lowest BCUT2D eigenvalue weighted by Gasteiger charge is -2.34. The van der Waals surface area contributed by atoms with Gasteiger partial charge in [0.25, 0.3) is 0 Å². The predicted octanol–water partition coefficient (Wildman–Crippen LogP) is 4.37. The van der Waals surface area contributed by atoms with Gasteiger partial charge in [0.05, 0.1) is 13.2 Å². The molecule has 1 unspecified atom stereocenters. The summed E-state index contributed by atoms with van der Waals surface area (Å²) < 4.78 is 10.8. The molecule has 0 bridgehead atoms. The molecule has 4 nitrogen and oxygen atoms in total. The number of benzene rings is 2. The van der Waals surface area contributed by atoms with Crippen molar-refractivity contribution in [1.82, 2.24) is 0 Å². The van der Waals surface area contributed by atoms with Gasteiger partial charge in [0, 0.05) is 5.92 Å². The van der Waals surface area contributed by atoms with E-state index in [2.05, 4.69) is 0 Å². The van der Waals surface area contributed by atoms with Crippen LogP contribution in [0.15, 0.2) is 66.7 Å². The number of carbonyl (C=O) groups excluding carboxylic acids is 2. The normalized spacial score (nSPS) is 17.9. The van der Waals surface area contributed by atoms with Gasteiger partial charge in [-0.2, -0.15) is 0 Å². The van der Waals surface area contributed by atoms with E-state index in [-0.39, 0.29) is 19.1 Å². The lowest BCUT2D eigenvalue weighted by molar-refractivity contribution is -0.168. The fourth-order valence-electron chi connectivity index (χ4n) is 3.87. The standard InChI is InChI=1S/C23H24O4/c1-3-26-21(24)23(22(25)27-4-2)19(17-11-7-5-8-12-17)15-16-20(23)18-13-9-6-10-14-18/h5-15,20H,3-4,16H2,1-2H3. The zero-order valence-corrected chi connectivity index (χ0v) is 15.7. The third-order valence-corrected chi connectivity index (χ3v) is 4.99. The molecule has 0 amide bonds. The van der Waals surface area contributed by atoms with Crippen molar-refractivity contribution >= 4 is 17.5 Å². The van der Waals surface area contributed by atoms with Gasteiger partial charge in [-0.25, -0.2) is 0 Å².